The Hall–Kier alpha value is -0.940. The van der Waals surface area contributed by atoms with Crippen molar-refractivity contribution in [1.82, 2.24) is 10.6 Å². The van der Waals surface area contributed by atoms with Crippen molar-refractivity contribution in [2.75, 3.05) is 6.54 Å². The summed E-state index contributed by atoms with van der Waals surface area (Å²) in [6, 6.07) is 5.08. The molecule has 1 aromatic rings. The molecule has 2 unspecified atom stereocenters. The Bertz CT molecular complexity index is 453. The highest BCUT2D eigenvalue weighted by Gasteiger charge is 2.11. The molecule has 20 heavy (non-hydrogen) atoms. The van der Waals surface area contributed by atoms with Gasteiger partial charge in [0.1, 0.15) is 5.82 Å². The average molecular weight is 345 g/mol. The maximum atomic E-state index is 13.8. The van der Waals surface area contributed by atoms with E-state index in [9.17, 15) is 9.18 Å². The molecule has 0 fully saturated rings. The molecule has 1 aromatic carbocycles. The smallest absolute Gasteiger partial charge is 0.221 e. The molecule has 0 saturated heterocycles. The topological polar surface area (TPSA) is 41.1 Å². The number of carbonyl (C=O) groups excluding carboxylic acids is 1. The van der Waals surface area contributed by atoms with Gasteiger partial charge < -0.3 is 10.6 Å². The van der Waals surface area contributed by atoms with E-state index in [1.54, 1.807) is 6.07 Å². The number of halogens is 2. The van der Waals surface area contributed by atoms with Crippen LogP contribution in [0, 0.1) is 5.82 Å². The summed E-state index contributed by atoms with van der Waals surface area (Å²) >= 11 is 3.23. The van der Waals surface area contributed by atoms with Gasteiger partial charge in [-0.3, -0.25) is 4.79 Å². The molecule has 0 saturated carbocycles. The standard InChI is InChI=1S/C15H22BrFN2O/c1-4-10(2)19-15(20)7-8-18-11(3)13-6-5-12(16)9-14(13)17/h5-6,9-11,18H,4,7-8H2,1-3H3,(H,19,20). The first-order chi connectivity index (χ1) is 9.43. The highest BCUT2D eigenvalue weighted by molar-refractivity contribution is 9.10. The second-order valence-electron chi connectivity index (χ2n) is 4.97. The number of amides is 1. The third-order valence-corrected chi connectivity index (χ3v) is 3.74. The van der Waals surface area contributed by atoms with E-state index in [0.717, 1.165) is 10.9 Å². The van der Waals surface area contributed by atoms with Crippen molar-refractivity contribution in [3.63, 3.8) is 0 Å². The summed E-state index contributed by atoms with van der Waals surface area (Å²) in [7, 11) is 0. The molecule has 112 valence electrons. The van der Waals surface area contributed by atoms with E-state index in [0.29, 0.717) is 18.5 Å². The van der Waals surface area contributed by atoms with Gasteiger partial charge >= 0.3 is 0 Å². The quantitative estimate of drug-likeness (QED) is 0.794. The minimum Gasteiger partial charge on any atom is -0.354 e. The van der Waals surface area contributed by atoms with Gasteiger partial charge in [0.05, 0.1) is 0 Å². The van der Waals surface area contributed by atoms with Crippen LogP contribution in [-0.2, 0) is 4.79 Å². The largest absolute Gasteiger partial charge is 0.354 e. The van der Waals surface area contributed by atoms with E-state index in [1.807, 2.05) is 26.8 Å². The Labute approximate surface area is 128 Å². The zero-order valence-corrected chi connectivity index (χ0v) is 13.8. The summed E-state index contributed by atoms with van der Waals surface area (Å²) in [5.41, 5.74) is 0.607. The van der Waals surface area contributed by atoms with Gasteiger partial charge in [0.2, 0.25) is 5.91 Å². The fourth-order valence-electron chi connectivity index (χ4n) is 1.81. The van der Waals surface area contributed by atoms with Crippen LogP contribution in [0.5, 0.6) is 0 Å². The Kier molecular flexibility index (Phi) is 7.16. The molecule has 3 nitrogen and oxygen atoms in total. The minimum atomic E-state index is -0.247. The van der Waals surface area contributed by atoms with Crippen LogP contribution in [0.4, 0.5) is 4.39 Å². The SMILES string of the molecule is CCC(C)NC(=O)CCNC(C)c1ccc(Br)cc1F. The van der Waals surface area contributed by atoms with Gasteiger partial charge in [-0.25, -0.2) is 4.39 Å². The fraction of sp³-hybridized carbons (Fsp3) is 0.533. The first-order valence-electron chi connectivity index (χ1n) is 6.91. The predicted octanol–water partition coefficient (Wildman–Crippen LogP) is 3.54. The lowest BCUT2D eigenvalue weighted by Crippen LogP contribution is -2.34. The van der Waals surface area contributed by atoms with Gasteiger partial charge in [-0.1, -0.05) is 28.9 Å². The highest BCUT2D eigenvalue weighted by atomic mass is 79.9. The number of hydrogen-bond donors (Lipinski definition) is 2. The minimum absolute atomic E-state index is 0.0235. The van der Waals surface area contributed by atoms with Crippen molar-refractivity contribution in [3.8, 4) is 0 Å². The van der Waals surface area contributed by atoms with Crippen LogP contribution >= 0.6 is 15.9 Å². The van der Waals surface area contributed by atoms with Gasteiger partial charge in [-0.05, 0) is 32.4 Å². The summed E-state index contributed by atoms with van der Waals surface area (Å²) in [5, 5.41) is 6.07. The van der Waals surface area contributed by atoms with Crippen molar-refractivity contribution in [3.05, 3.63) is 34.1 Å². The van der Waals surface area contributed by atoms with E-state index in [2.05, 4.69) is 26.6 Å². The molecule has 5 heteroatoms. The van der Waals surface area contributed by atoms with Gasteiger partial charge in [0.15, 0.2) is 0 Å². The van der Waals surface area contributed by atoms with E-state index in [-0.39, 0.29) is 23.8 Å². The third kappa shape index (κ3) is 5.59. The van der Waals surface area contributed by atoms with Gasteiger partial charge in [-0.2, -0.15) is 0 Å². The van der Waals surface area contributed by atoms with Crippen LogP contribution in [0.2, 0.25) is 0 Å². The van der Waals surface area contributed by atoms with Gasteiger partial charge in [-0.15, -0.1) is 0 Å². The molecule has 0 heterocycles. The van der Waals surface area contributed by atoms with E-state index < -0.39 is 0 Å². The van der Waals surface area contributed by atoms with Gasteiger partial charge in [0, 0.05) is 35.1 Å². The lowest BCUT2D eigenvalue weighted by atomic mass is 10.1. The fourth-order valence-corrected chi connectivity index (χ4v) is 2.15. The summed E-state index contributed by atoms with van der Waals surface area (Å²) in [4.78, 5) is 11.6. The Morgan fingerprint density at radius 2 is 2.10 bits per heavy atom. The lowest BCUT2D eigenvalue weighted by molar-refractivity contribution is -0.121. The molecule has 0 aliphatic rings. The molecule has 1 amide bonds. The lowest BCUT2D eigenvalue weighted by Gasteiger charge is -2.16. The molecule has 0 aliphatic heterocycles. The normalized spacial score (nSPS) is 13.8. The highest BCUT2D eigenvalue weighted by Crippen LogP contribution is 2.20. The molecular weight excluding hydrogens is 323 g/mol. The summed E-state index contributed by atoms with van der Waals surface area (Å²) in [6.07, 6.45) is 1.31. The maximum absolute atomic E-state index is 13.8. The van der Waals surface area contributed by atoms with Crippen LogP contribution in [-0.4, -0.2) is 18.5 Å². The van der Waals surface area contributed by atoms with Crippen molar-refractivity contribution >= 4 is 21.8 Å². The maximum Gasteiger partial charge on any atom is 0.221 e. The third-order valence-electron chi connectivity index (χ3n) is 3.25. The van der Waals surface area contributed by atoms with E-state index >= 15 is 0 Å². The van der Waals surface area contributed by atoms with Crippen molar-refractivity contribution in [1.29, 1.82) is 0 Å². The zero-order chi connectivity index (χ0) is 15.1. The van der Waals surface area contributed by atoms with Crippen LogP contribution < -0.4 is 10.6 Å². The van der Waals surface area contributed by atoms with Crippen LogP contribution in [0.1, 0.15) is 45.2 Å². The first kappa shape index (κ1) is 17.1. The molecule has 0 spiro atoms. The molecule has 0 aliphatic carbocycles. The van der Waals surface area contributed by atoms with E-state index in [4.69, 9.17) is 0 Å². The summed E-state index contributed by atoms with van der Waals surface area (Å²) < 4.78 is 14.5. The second-order valence-corrected chi connectivity index (χ2v) is 5.88. The molecule has 0 radical (unpaired) electrons. The molecule has 2 N–H and O–H groups in total. The monoisotopic (exact) mass is 344 g/mol. The molecule has 2 atom stereocenters. The van der Waals surface area contributed by atoms with Crippen LogP contribution in [0.3, 0.4) is 0 Å². The number of hydrogen-bond acceptors (Lipinski definition) is 2. The molecule has 0 bridgehead atoms. The summed E-state index contributed by atoms with van der Waals surface area (Å²) in [5.74, 6) is -0.223. The Morgan fingerprint density at radius 3 is 2.70 bits per heavy atom. The second kappa shape index (κ2) is 8.37. The van der Waals surface area contributed by atoms with Crippen LogP contribution in [0.25, 0.3) is 0 Å². The average Bonchev–Trinajstić information content (AvgIpc) is 2.38. The zero-order valence-electron chi connectivity index (χ0n) is 12.2. The van der Waals surface area contributed by atoms with E-state index in [1.165, 1.54) is 6.07 Å². The Balaban J connectivity index is 2.40. The number of rotatable bonds is 7. The van der Waals surface area contributed by atoms with Crippen molar-refractivity contribution < 1.29 is 9.18 Å². The van der Waals surface area contributed by atoms with Crippen molar-refractivity contribution in [2.45, 2.75) is 45.7 Å². The first-order valence-corrected chi connectivity index (χ1v) is 7.71. The molecule has 0 aromatic heterocycles. The number of carbonyl (C=O) groups is 1. The molecule has 1 rings (SSSR count). The number of nitrogens with one attached hydrogen (secondary N) is 2. The van der Waals surface area contributed by atoms with Gasteiger partial charge in [0.25, 0.3) is 0 Å². The molecular formula is C15H22BrFN2O. The predicted molar refractivity (Wildman–Crippen MR) is 83.0 cm³/mol. The van der Waals surface area contributed by atoms with Crippen molar-refractivity contribution in [2.24, 2.45) is 0 Å². The van der Waals surface area contributed by atoms with Crippen LogP contribution in [0.15, 0.2) is 22.7 Å². The summed E-state index contributed by atoms with van der Waals surface area (Å²) in [6.45, 7) is 6.42. The number of benzene rings is 1. The Morgan fingerprint density at radius 1 is 1.40 bits per heavy atom.